The Hall–Kier alpha value is -1.84. The van der Waals surface area contributed by atoms with Gasteiger partial charge in [-0.3, -0.25) is 9.59 Å². The summed E-state index contributed by atoms with van der Waals surface area (Å²) in [5.74, 6) is 1.34. The standard InChI is InChI=1S/C23H30O4/c1-14(24)26-17-5-6-18-16(13-17)9-11-22(3)19(18)10-12-23(4)20(22)7-8-21(23)27-15(2)25/h5-6,13,19-21H,7-12H2,1-4H3. The fourth-order valence-corrected chi connectivity index (χ4v) is 6.67. The van der Waals surface area contributed by atoms with Crippen LogP contribution >= 0.6 is 0 Å². The molecule has 5 atom stereocenters. The summed E-state index contributed by atoms with van der Waals surface area (Å²) in [7, 11) is 0. The SMILES string of the molecule is CC(=O)Oc1ccc2c(c1)CCC1(C)C2CCC2(C)C(OC(C)=O)CCC21. The first-order valence-electron chi connectivity index (χ1n) is 10.2. The summed E-state index contributed by atoms with van der Waals surface area (Å²) in [6, 6.07) is 6.17. The molecule has 0 aliphatic heterocycles. The summed E-state index contributed by atoms with van der Waals surface area (Å²) in [4.78, 5) is 22.9. The second-order valence-electron chi connectivity index (χ2n) is 9.29. The first-order valence-corrected chi connectivity index (χ1v) is 10.2. The number of esters is 2. The molecule has 5 unspecified atom stereocenters. The van der Waals surface area contributed by atoms with Gasteiger partial charge in [-0.15, -0.1) is 0 Å². The molecule has 27 heavy (non-hydrogen) atoms. The molecular formula is C23H30O4. The van der Waals surface area contributed by atoms with Crippen LogP contribution in [0.1, 0.15) is 76.8 Å². The van der Waals surface area contributed by atoms with Gasteiger partial charge >= 0.3 is 11.9 Å². The van der Waals surface area contributed by atoms with Gasteiger partial charge in [0.1, 0.15) is 11.9 Å². The average molecular weight is 370 g/mol. The lowest BCUT2D eigenvalue weighted by Crippen LogP contribution is -2.50. The molecule has 2 fully saturated rings. The number of hydrogen-bond acceptors (Lipinski definition) is 4. The zero-order valence-electron chi connectivity index (χ0n) is 16.8. The third-order valence-electron chi connectivity index (χ3n) is 7.81. The molecular weight excluding hydrogens is 340 g/mol. The number of rotatable bonds is 2. The van der Waals surface area contributed by atoms with Gasteiger partial charge < -0.3 is 9.47 Å². The van der Waals surface area contributed by atoms with Crippen molar-refractivity contribution >= 4 is 11.9 Å². The van der Waals surface area contributed by atoms with Crippen molar-refractivity contribution in [3.05, 3.63) is 29.3 Å². The maximum absolute atomic E-state index is 11.6. The minimum absolute atomic E-state index is 0.0607. The second-order valence-corrected chi connectivity index (χ2v) is 9.29. The molecule has 146 valence electrons. The van der Waals surface area contributed by atoms with Crippen LogP contribution in [0.3, 0.4) is 0 Å². The fourth-order valence-electron chi connectivity index (χ4n) is 6.67. The van der Waals surface area contributed by atoms with E-state index < -0.39 is 0 Å². The van der Waals surface area contributed by atoms with Crippen LogP contribution in [0.15, 0.2) is 18.2 Å². The lowest BCUT2D eigenvalue weighted by molar-refractivity contribution is -0.157. The summed E-state index contributed by atoms with van der Waals surface area (Å²) in [6.07, 6.45) is 6.57. The highest BCUT2D eigenvalue weighted by Crippen LogP contribution is 2.67. The van der Waals surface area contributed by atoms with Gasteiger partial charge in [0.25, 0.3) is 0 Å². The normalized spacial score (nSPS) is 37.0. The monoisotopic (exact) mass is 370 g/mol. The smallest absolute Gasteiger partial charge is 0.308 e. The summed E-state index contributed by atoms with van der Waals surface area (Å²) in [6.45, 7) is 7.78. The molecule has 3 aliphatic rings. The molecule has 0 N–H and O–H groups in total. The van der Waals surface area contributed by atoms with Gasteiger partial charge in [0.05, 0.1) is 0 Å². The summed E-state index contributed by atoms with van der Waals surface area (Å²) in [5, 5.41) is 0. The minimum atomic E-state index is -0.272. The Labute approximate surface area is 161 Å². The second kappa shape index (κ2) is 6.35. The molecule has 0 radical (unpaired) electrons. The van der Waals surface area contributed by atoms with Gasteiger partial charge in [-0.2, -0.15) is 0 Å². The van der Waals surface area contributed by atoms with Crippen LogP contribution in [0, 0.1) is 16.7 Å². The van der Waals surface area contributed by atoms with E-state index in [2.05, 4.69) is 26.0 Å². The largest absolute Gasteiger partial charge is 0.462 e. The molecule has 4 nitrogen and oxygen atoms in total. The third-order valence-corrected chi connectivity index (χ3v) is 7.81. The van der Waals surface area contributed by atoms with Gasteiger partial charge in [-0.05, 0) is 79.0 Å². The summed E-state index contributed by atoms with van der Waals surface area (Å²) >= 11 is 0. The van der Waals surface area contributed by atoms with Crippen molar-refractivity contribution < 1.29 is 19.1 Å². The number of aryl methyl sites for hydroxylation is 1. The first-order chi connectivity index (χ1) is 12.7. The van der Waals surface area contributed by atoms with Crippen LogP contribution in [0.2, 0.25) is 0 Å². The highest BCUT2D eigenvalue weighted by Gasteiger charge is 2.61. The molecule has 0 bridgehead atoms. The highest BCUT2D eigenvalue weighted by atomic mass is 16.5. The number of fused-ring (bicyclic) bond motifs is 5. The molecule has 0 aromatic heterocycles. The van der Waals surface area contributed by atoms with E-state index in [9.17, 15) is 9.59 Å². The minimum Gasteiger partial charge on any atom is -0.462 e. The Morgan fingerprint density at radius 3 is 2.48 bits per heavy atom. The van der Waals surface area contributed by atoms with E-state index in [-0.39, 0.29) is 28.9 Å². The Balaban J connectivity index is 1.65. The molecule has 0 spiro atoms. The quantitative estimate of drug-likeness (QED) is 0.555. The predicted molar refractivity (Wildman–Crippen MR) is 103 cm³/mol. The van der Waals surface area contributed by atoms with Crippen molar-refractivity contribution in [2.24, 2.45) is 16.7 Å². The lowest BCUT2D eigenvalue weighted by Gasteiger charge is -2.57. The molecule has 4 heteroatoms. The fraction of sp³-hybridized carbons (Fsp3) is 0.652. The van der Waals surface area contributed by atoms with E-state index in [0.717, 1.165) is 38.5 Å². The predicted octanol–water partition coefficient (Wildman–Crippen LogP) is 4.79. The van der Waals surface area contributed by atoms with E-state index in [1.54, 1.807) is 0 Å². The zero-order chi connectivity index (χ0) is 19.4. The summed E-state index contributed by atoms with van der Waals surface area (Å²) < 4.78 is 11.0. The van der Waals surface area contributed by atoms with Crippen molar-refractivity contribution in [2.45, 2.75) is 78.2 Å². The van der Waals surface area contributed by atoms with Crippen molar-refractivity contribution in [3.8, 4) is 5.75 Å². The highest BCUT2D eigenvalue weighted by molar-refractivity contribution is 5.69. The molecule has 1 aromatic rings. The molecule has 3 aliphatic carbocycles. The van der Waals surface area contributed by atoms with Gasteiger partial charge in [0, 0.05) is 19.3 Å². The Morgan fingerprint density at radius 2 is 1.78 bits per heavy atom. The number of hydrogen-bond donors (Lipinski definition) is 0. The summed E-state index contributed by atoms with van der Waals surface area (Å²) in [5.41, 5.74) is 3.08. The van der Waals surface area contributed by atoms with E-state index in [1.165, 1.54) is 25.0 Å². The molecule has 1 aromatic carbocycles. The number of carbonyl (C=O) groups is 2. The van der Waals surface area contributed by atoms with Crippen molar-refractivity contribution in [2.75, 3.05) is 0 Å². The Bertz CT molecular complexity index is 785. The van der Waals surface area contributed by atoms with Gasteiger partial charge in [0.2, 0.25) is 0 Å². The molecule has 0 amide bonds. The topological polar surface area (TPSA) is 52.6 Å². The molecule has 0 saturated heterocycles. The lowest BCUT2D eigenvalue weighted by atomic mass is 9.48. The maximum Gasteiger partial charge on any atom is 0.308 e. The number of ether oxygens (including phenoxy) is 2. The maximum atomic E-state index is 11.6. The third kappa shape index (κ3) is 2.88. The van der Waals surface area contributed by atoms with Gasteiger partial charge in [0.15, 0.2) is 0 Å². The van der Waals surface area contributed by atoms with Gasteiger partial charge in [-0.25, -0.2) is 0 Å². The average Bonchev–Trinajstić information content (AvgIpc) is 2.91. The zero-order valence-corrected chi connectivity index (χ0v) is 16.8. The van der Waals surface area contributed by atoms with Crippen LogP contribution in [0.25, 0.3) is 0 Å². The van der Waals surface area contributed by atoms with Crippen molar-refractivity contribution in [1.29, 1.82) is 0 Å². The van der Waals surface area contributed by atoms with Crippen LogP contribution < -0.4 is 4.74 Å². The van der Waals surface area contributed by atoms with Crippen molar-refractivity contribution in [1.82, 2.24) is 0 Å². The Kier molecular flexibility index (Phi) is 4.36. The molecule has 0 heterocycles. The van der Waals surface area contributed by atoms with E-state index >= 15 is 0 Å². The van der Waals surface area contributed by atoms with E-state index in [0.29, 0.717) is 17.6 Å². The molecule has 4 rings (SSSR count). The van der Waals surface area contributed by atoms with Crippen LogP contribution in [0.4, 0.5) is 0 Å². The Morgan fingerprint density at radius 1 is 1.00 bits per heavy atom. The first kappa shape index (κ1) is 18.5. The van der Waals surface area contributed by atoms with Crippen LogP contribution in [-0.4, -0.2) is 18.0 Å². The molecule has 2 saturated carbocycles. The number of benzene rings is 1. The van der Waals surface area contributed by atoms with Crippen molar-refractivity contribution in [3.63, 3.8) is 0 Å². The van der Waals surface area contributed by atoms with Gasteiger partial charge in [-0.1, -0.05) is 19.9 Å². The number of carbonyl (C=O) groups excluding carboxylic acids is 2. The van der Waals surface area contributed by atoms with E-state index in [1.807, 2.05) is 6.07 Å². The van der Waals surface area contributed by atoms with Crippen LogP contribution in [-0.2, 0) is 20.7 Å². The van der Waals surface area contributed by atoms with Crippen LogP contribution in [0.5, 0.6) is 5.75 Å². The van der Waals surface area contributed by atoms with E-state index in [4.69, 9.17) is 9.47 Å².